The van der Waals surface area contributed by atoms with Crippen LogP contribution in [0.3, 0.4) is 0 Å². The van der Waals surface area contributed by atoms with Gasteiger partial charge in [0.1, 0.15) is 5.75 Å². The van der Waals surface area contributed by atoms with Crippen LogP contribution in [0.2, 0.25) is 0 Å². The maximum Gasteiger partial charge on any atom is 0.230 e. The maximum atomic E-state index is 12.1. The van der Waals surface area contributed by atoms with Gasteiger partial charge in [0.05, 0.1) is 12.9 Å². The van der Waals surface area contributed by atoms with Crippen molar-refractivity contribution in [1.29, 1.82) is 0 Å². The van der Waals surface area contributed by atoms with Gasteiger partial charge in [0.15, 0.2) is 4.34 Å². The molecule has 0 saturated carbocycles. The normalized spacial score (nSPS) is 10.6. The van der Waals surface area contributed by atoms with Crippen LogP contribution in [0.15, 0.2) is 46.1 Å². The smallest absolute Gasteiger partial charge is 0.230 e. The number of para-hydroxylation sites is 1. The first-order valence-corrected chi connectivity index (χ1v) is 11.0. The van der Waals surface area contributed by atoms with E-state index in [0.29, 0.717) is 12.3 Å². The van der Waals surface area contributed by atoms with Gasteiger partial charge < -0.3 is 15.4 Å². The summed E-state index contributed by atoms with van der Waals surface area (Å²) in [6.45, 7) is 1.26. The molecule has 142 valence electrons. The Kier molecular flexibility index (Phi) is 7.49. The molecule has 27 heavy (non-hydrogen) atoms. The van der Waals surface area contributed by atoms with Gasteiger partial charge >= 0.3 is 0 Å². The van der Waals surface area contributed by atoms with E-state index in [1.807, 2.05) is 24.3 Å². The third kappa shape index (κ3) is 6.23. The van der Waals surface area contributed by atoms with Crippen LogP contribution in [0.25, 0.3) is 0 Å². The van der Waals surface area contributed by atoms with E-state index >= 15 is 0 Å². The summed E-state index contributed by atoms with van der Waals surface area (Å²) in [7, 11) is 1.62. The van der Waals surface area contributed by atoms with E-state index in [-0.39, 0.29) is 5.91 Å². The molecule has 3 rings (SSSR count). The summed E-state index contributed by atoms with van der Waals surface area (Å²) in [6, 6.07) is 11.8. The predicted octanol–water partition coefficient (Wildman–Crippen LogP) is 3.67. The second-order valence-electron chi connectivity index (χ2n) is 5.51. The highest BCUT2D eigenvalue weighted by molar-refractivity contribution is 8.01. The second-order valence-corrected chi connectivity index (χ2v) is 8.74. The van der Waals surface area contributed by atoms with Crippen molar-refractivity contribution < 1.29 is 9.53 Å². The minimum Gasteiger partial charge on any atom is -0.496 e. The lowest BCUT2D eigenvalue weighted by molar-refractivity contribution is -0.118. The molecule has 0 aliphatic rings. The summed E-state index contributed by atoms with van der Waals surface area (Å²) in [5, 5.41) is 17.3. The van der Waals surface area contributed by atoms with Gasteiger partial charge in [0.25, 0.3) is 0 Å². The molecule has 1 amide bonds. The molecule has 0 aliphatic carbocycles. The molecule has 0 radical (unpaired) electrons. The van der Waals surface area contributed by atoms with E-state index < -0.39 is 0 Å². The van der Waals surface area contributed by atoms with E-state index in [1.54, 1.807) is 18.4 Å². The summed E-state index contributed by atoms with van der Waals surface area (Å²) in [4.78, 5) is 13.4. The summed E-state index contributed by atoms with van der Waals surface area (Å²) in [5.41, 5.74) is 0.950. The molecular weight excluding hydrogens is 400 g/mol. The minimum atomic E-state index is -0.0479. The third-order valence-corrected chi connectivity index (χ3v) is 6.58. The molecule has 0 bridgehead atoms. The predicted molar refractivity (Wildman–Crippen MR) is 112 cm³/mol. The number of amides is 1. The average Bonchev–Trinajstić information content (AvgIpc) is 3.37. The quantitative estimate of drug-likeness (QED) is 0.488. The van der Waals surface area contributed by atoms with Gasteiger partial charge in [-0.15, -0.1) is 21.5 Å². The van der Waals surface area contributed by atoms with Crippen molar-refractivity contribution in [2.24, 2.45) is 0 Å². The Labute approximate surface area is 170 Å². The molecule has 2 N–H and O–H groups in total. The number of nitrogens with zero attached hydrogens (tertiary/aromatic N) is 2. The monoisotopic (exact) mass is 420 g/mol. The summed E-state index contributed by atoms with van der Waals surface area (Å²) in [6.07, 6.45) is 0.963. The van der Waals surface area contributed by atoms with E-state index in [1.165, 1.54) is 28.0 Å². The number of methoxy groups -OCH3 is 1. The van der Waals surface area contributed by atoms with E-state index in [2.05, 4.69) is 38.3 Å². The molecule has 9 heteroatoms. The lowest BCUT2D eigenvalue weighted by Crippen LogP contribution is -2.24. The molecule has 1 aromatic carbocycles. The van der Waals surface area contributed by atoms with Gasteiger partial charge in [0.2, 0.25) is 11.0 Å². The molecule has 6 nitrogen and oxygen atoms in total. The standard InChI is InChI=1S/C18H20N4O2S3/c1-24-15-7-3-2-5-13(15)11-20-16(23)12-26-18-22-21-17(27-18)19-9-8-14-6-4-10-25-14/h2-7,10H,8-9,11-12H2,1H3,(H,19,21)(H,20,23). The molecular formula is C18H20N4O2S3. The first-order chi connectivity index (χ1) is 13.2. The van der Waals surface area contributed by atoms with E-state index in [0.717, 1.165) is 33.7 Å². The Morgan fingerprint density at radius 1 is 1.22 bits per heavy atom. The number of aromatic nitrogens is 2. The van der Waals surface area contributed by atoms with Gasteiger partial charge in [-0.2, -0.15) is 0 Å². The lowest BCUT2D eigenvalue weighted by atomic mass is 10.2. The van der Waals surface area contributed by atoms with Crippen LogP contribution in [0, 0.1) is 0 Å². The third-order valence-electron chi connectivity index (χ3n) is 3.63. The highest BCUT2D eigenvalue weighted by atomic mass is 32.2. The fourth-order valence-corrected chi connectivity index (χ4v) is 4.62. The summed E-state index contributed by atoms with van der Waals surface area (Å²) < 4.78 is 6.06. The van der Waals surface area contributed by atoms with Gasteiger partial charge in [-0.3, -0.25) is 4.79 Å². The molecule has 0 atom stereocenters. The van der Waals surface area contributed by atoms with E-state index in [9.17, 15) is 4.79 Å². The van der Waals surface area contributed by atoms with Gasteiger partial charge in [-0.1, -0.05) is 47.4 Å². The van der Waals surface area contributed by atoms with Crippen LogP contribution in [0.5, 0.6) is 5.75 Å². The van der Waals surface area contributed by atoms with Crippen LogP contribution in [0.1, 0.15) is 10.4 Å². The molecule has 0 spiro atoms. The Hall–Kier alpha value is -2.10. The number of thioether (sulfide) groups is 1. The van der Waals surface area contributed by atoms with Crippen molar-refractivity contribution >= 4 is 45.5 Å². The molecule has 0 fully saturated rings. The molecule has 0 saturated heterocycles. The van der Waals surface area contributed by atoms with Crippen LogP contribution in [-0.4, -0.2) is 35.5 Å². The first-order valence-electron chi connectivity index (χ1n) is 8.36. The molecule has 0 unspecified atom stereocenters. The first kappa shape index (κ1) is 19.7. The summed E-state index contributed by atoms with van der Waals surface area (Å²) in [5.74, 6) is 1.03. The van der Waals surface area contributed by atoms with Gasteiger partial charge in [0, 0.05) is 23.5 Å². The van der Waals surface area contributed by atoms with Gasteiger partial charge in [-0.25, -0.2) is 0 Å². The van der Waals surface area contributed by atoms with Crippen molar-refractivity contribution in [3.05, 3.63) is 52.2 Å². The molecule has 0 aliphatic heterocycles. The van der Waals surface area contributed by atoms with Crippen molar-refractivity contribution in [3.8, 4) is 5.75 Å². The number of nitrogens with one attached hydrogen (secondary N) is 2. The zero-order valence-corrected chi connectivity index (χ0v) is 17.3. The Morgan fingerprint density at radius 3 is 2.93 bits per heavy atom. The fraction of sp³-hybridized carbons (Fsp3) is 0.278. The minimum absolute atomic E-state index is 0.0479. The van der Waals surface area contributed by atoms with Crippen molar-refractivity contribution in [3.63, 3.8) is 0 Å². The number of ether oxygens (including phenoxy) is 1. The zero-order chi connectivity index (χ0) is 18.9. The maximum absolute atomic E-state index is 12.1. The summed E-state index contributed by atoms with van der Waals surface area (Å²) >= 11 is 4.61. The Balaban J connectivity index is 1.38. The topological polar surface area (TPSA) is 76.1 Å². The Bertz CT molecular complexity index is 852. The average molecular weight is 421 g/mol. The van der Waals surface area contributed by atoms with Crippen LogP contribution < -0.4 is 15.4 Å². The number of hydrogen-bond acceptors (Lipinski definition) is 8. The Morgan fingerprint density at radius 2 is 2.11 bits per heavy atom. The van der Waals surface area contributed by atoms with Crippen LogP contribution >= 0.6 is 34.4 Å². The molecule has 2 heterocycles. The number of benzene rings is 1. The fourth-order valence-electron chi connectivity index (χ4n) is 2.31. The number of carbonyl (C=O) groups excluding carboxylic acids is 1. The molecule has 3 aromatic rings. The van der Waals surface area contributed by atoms with Gasteiger partial charge in [-0.05, 0) is 23.9 Å². The lowest BCUT2D eigenvalue weighted by Gasteiger charge is -2.09. The number of anilines is 1. The second kappa shape index (κ2) is 10.3. The number of hydrogen-bond donors (Lipinski definition) is 2. The largest absolute Gasteiger partial charge is 0.496 e. The van der Waals surface area contributed by atoms with Crippen LogP contribution in [0.4, 0.5) is 5.13 Å². The highest BCUT2D eigenvalue weighted by Crippen LogP contribution is 2.25. The van der Waals surface area contributed by atoms with Crippen molar-refractivity contribution in [1.82, 2.24) is 15.5 Å². The zero-order valence-electron chi connectivity index (χ0n) is 14.8. The van der Waals surface area contributed by atoms with Crippen molar-refractivity contribution in [2.75, 3.05) is 24.7 Å². The molecule has 2 aromatic heterocycles. The van der Waals surface area contributed by atoms with E-state index in [4.69, 9.17) is 4.74 Å². The SMILES string of the molecule is COc1ccccc1CNC(=O)CSc1nnc(NCCc2cccs2)s1. The van der Waals surface area contributed by atoms with Crippen molar-refractivity contribution in [2.45, 2.75) is 17.3 Å². The number of carbonyl (C=O) groups is 1. The van der Waals surface area contributed by atoms with Crippen LogP contribution in [-0.2, 0) is 17.8 Å². The highest BCUT2D eigenvalue weighted by Gasteiger charge is 2.09. The number of thiophene rings is 1. The number of rotatable bonds is 10.